The topological polar surface area (TPSA) is 69.4 Å². The maximum Gasteiger partial charge on any atom is 0.346 e. The average molecular weight is 449 g/mol. The molecule has 1 aromatic heterocycles. The van der Waals surface area contributed by atoms with Crippen LogP contribution in [-0.2, 0) is 11.3 Å². The van der Waals surface area contributed by atoms with E-state index >= 15 is 0 Å². The highest BCUT2D eigenvalue weighted by atomic mass is 79.9. The van der Waals surface area contributed by atoms with E-state index in [0.29, 0.717) is 25.3 Å². The van der Waals surface area contributed by atoms with Crippen LogP contribution in [0.5, 0.6) is 0 Å². The number of nitrogens with zero attached hydrogens (tertiary/aromatic N) is 4. The molecule has 0 bridgehead atoms. The molecule has 1 aromatic carbocycles. The van der Waals surface area contributed by atoms with Crippen LogP contribution in [0.25, 0.3) is 0 Å². The van der Waals surface area contributed by atoms with Crippen molar-refractivity contribution in [3.05, 3.63) is 50.6 Å². The van der Waals surface area contributed by atoms with E-state index < -0.39 is 0 Å². The van der Waals surface area contributed by atoms with E-state index in [1.165, 1.54) is 4.68 Å². The van der Waals surface area contributed by atoms with Gasteiger partial charge in [0, 0.05) is 36.6 Å². The number of amides is 1. The zero-order valence-electron chi connectivity index (χ0n) is 16.0. The lowest BCUT2D eigenvalue weighted by atomic mass is 9.96. The van der Waals surface area contributed by atoms with Gasteiger partial charge in [-0.05, 0) is 53.7 Å². The molecule has 1 saturated carbocycles. The molecule has 7 nitrogen and oxygen atoms in total. The Morgan fingerprint density at radius 2 is 2.07 bits per heavy atom. The lowest BCUT2D eigenvalue weighted by Gasteiger charge is -2.32. The number of likely N-dealkylation sites (tertiary alicyclic amines) is 1. The monoisotopic (exact) mass is 448 g/mol. The number of halogens is 1. The number of carbonyl (C=O) groups is 1. The molecule has 2 aliphatic rings. The van der Waals surface area contributed by atoms with Gasteiger partial charge in [-0.3, -0.25) is 9.36 Å². The van der Waals surface area contributed by atoms with Gasteiger partial charge in [0.25, 0.3) is 5.91 Å². The largest absolute Gasteiger partial charge is 0.383 e. The minimum absolute atomic E-state index is 0.0244. The number of benzene rings is 1. The van der Waals surface area contributed by atoms with Crippen molar-refractivity contribution in [2.24, 2.45) is 0 Å². The van der Waals surface area contributed by atoms with E-state index in [9.17, 15) is 9.59 Å². The Kier molecular flexibility index (Phi) is 5.68. The predicted molar refractivity (Wildman–Crippen MR) is 109 cm³/mol. The summed E-state index contributed by atoms with van der Waals surface area (Å²) in [5.41, 5.74) is 0.622. The van der Waals surface area contributed by atoms with E-state index in [4.69, 9.17) is 4.74 Å². The summed E-state index contributed by atoms with van der Waals surface area (Å²) in [4.78, 5) is 27.7. The van der Waals surface area contributed by atoms with Gasteiger partial charge in [-0.15, -0.1) is 0 Å². The highest BCUT2D eigenvalue weighted by molar-refractivity contribution is 9.10. The molecule has 2 fully saturated rings. The molecule has 4 rings (SSSR count). The molecule has 28 heavy (non-hydrogen) atoms. The SMILES string of the molecule is COCCn1nc(C2CCCN(C(=O)c3ccccc3Br)C2)n(C2CC2)c1=O. The number of piperidine rings is 1. The minimum atomic E-state index is -0.0520. The number of carbonyl (C=O) groups excluding carboxylic acids is 1. The molecule has 2 heterocycles. The molecule has 2 aromatic rings. The predicted octanol–water partition coefficient (Wildman–Crippen LogP) is 2.81. The lowest BCUT2D eigenvalue weighted by Crippen LogP contribution is -2.40. The Hall–Kier alpha value is -1.93. The quantitative estimate of drug-likeness (QED) is 0.680. The summed E-state index contributed by atoms with van der Waals surface area (Å²) in [6.07, 6.45) is 3.89. The first-order valence-electron chi connectivity index (χ1n) is 9.82. The first-order valence-corrected chi connectivity index (χ1v) is 10.6. The maximum atomic E-state index is 13.0. The zero-order chi connectivity index (χ0) is 19.7. The molecule has 1 unspecified atom stereocenters. The summed E-state index contributed by atoms with van der Waals surface area (Å²) >= 11 is 3.48. The molecule has 0 spiro atoms. The first-order chi connectivity index (χ1) is 13.6. The van der Waals surface area contributed by atoms with Crippen molar-refractivity contribution >= 4 is 21.8 Å². The standard InChI is InChI=1S/C20H25BrN4O3/c1-28-12-11-24-20(27)25(15-8-9-15)18(22-24)14-5-4-10-23(13-14)19(26)16-6-2-3-7-17(16)21/h2-3,6-7,14-15H,4-5,8-13H2,1H3. The fraction of sp³-hybridized carbons (Fsp3) is 0.550. The van der Waals surface area contributed by atoms with E-state index in [1.54, 1.807) is 7.11 Å². The number of aromatic nitrogens is 3. The van der Waals surface area contributed by atoms with E-state index in [-0.39, 0.29) is 23.6 Å². The summed E-state index contributed by atoms with van der Waals surface area (Å²) in [5, 5.41) is 4.66. The van der Waals surface area contributed by atoms with Crippen LogP contribution < -0.4 is 5.69 Å². The second-order valence-electron chi connectivity index (χ2n) is 7.53. The molecule has 1 aliphatic carbocycles. The number of methoxy groups -OCH3 is 1. The van der Waals surface area contributed by atoms with Crippen LogP contribution in [0.4, 0.5) is 0 Å². The average Bonchev–Trinajstić information content (AvgIpc) is 3.50. The Balaban J connectivity index is 1.59. The van der Waals surface area contributed by atoms with Crippen molar-refractivity contribution in [3.63, 3.8) is 0 Å². The number of hydrogen-bond acceptors (Lipinski definition) is 4. The molecular formula is C20H25BrN4O3. The summed E-state index contributed by atoms with van der Waals surface area (Å²) in [5.74, 6) is 0.932. The fourth-order valence-electron chi connectivity index (χ4n) is 3.89. The van der Waals surface area contributed by atoms with Gasteiger partial charge in [-0.25, -0.2) is 9.48 Å². The van der Waals surface area contributed by atoms with E-state index in [0.717, 1.165) is 42.5 Å². The normalized spacial score (nSPS) is 19.8. The maximum absolute atomic E-state index is 13.0. The van der Waals surface area contributed by atoms with Crippen LogP contribution >= 0.6 is 15.9 Å². The van der Waals surface area contributed by atoms with E-state index in [1.807, 2.05) is 33.7 Å². The molecule has 8 heteroatoms. The van der Waals surface area contributed by atoms with Crippen molar-refractivity contribution in [1.82, 2.24) is 19.2 Å². The highest BCUT2D eigenvalue weighted by Gasteiger charge is 2.35. The molecule has 150 valence electrons. The molecule has 0 N–H and O–H groups in total. The number of hydrogen-bond donors (Lipinski definition) is 0. The summed E-state index contributed by atoms with van der Waals surface area (Å²) in [6.45, 7) is 2.23. The molecular weight excluding hydrogens is 424 g/mol. The third-order valence-corrected chi connectivity index (χ3v) is 6.19. The number of ether oxygens (including phenoxy) is 1. The van der Waals surface area contributed by atoms with Crippen LogP contribution in [0.15, 0.2) is 33.5 Å². The summed E-state index contributed by atoms with van der Waals surface area (Å²) in [7, 11) is 1.62. The van der Waals surface area contributed by atoms with Gasteiger partial charge < -0.3 is 9.64 Å². The van der Waals surface area contributed by atoms with Crippen molar-refractivity contribution in [2.45, 2.75) is 44.2 Å². The summed E-state index contributed by atoms with van der Waals surface area (Å²) < 4.78 is 9.31. The first kappa shape index (κ1) is 19.4. The molecule has 1 atom stereocenters. The van der Waals surface area contributed by atoms with Crippen LogP contribution in [0.1, 0.15) is 53.8 Å². The Morgan fingerprint density at radius 1 is 1.29 bits per heavy atom. The Labute approximate surface area is 172 Å². The smallest absolute Gasteiger partial charge is 0.346 e. The molecule has 0 radical (unpaired) electrons. The third-order valence-electron chi connectivity index (χ3n) is 5.49. The van der Waals surface area contributed by atoms with E-state index in [2.05, 4.69) is 21.0 Å². The van der Waals surface area contributed by atoms with Gasteiger partial charge in [-0.1, -0.05) is 12.1 Å². The van der Waals surface area contributed by atoms with Crippen molar-refractivity contribution < 1.29 is 9.53 Å². The van der Waals surface area contributed by atoms with Gasteiger partial charge in [-0.2, -0.15) is 5.10 Å². The third kappa shape index (κ3) is 3.80. The second-order valence-corrected chi connectivity index (χ2v) is 8.38. The molecule has 1 aliphatic heterocycles. The van der Waals surface area contributed by atoms with Crippen LogP contribution in [0, 0.1) is 0 Å². The minimum Gasteiger partial charge on any atom is -0.383 e. The van der Waals surface area contributed by atoms with Gasteiger partial charge in [0.15, 0.2) is 0 Å². The van der Waals surface area contributed by atoms with Gasteiger partial charge in [0.2, 0.25) is 0 Å². The molecule has 1 saturated heterocycles. The van der Waals surface area contributed by atoms with Gasteiger partial charge in [0.1, 0.15) is 5.82 Å². The van der Waals surface area contributed by atoms with Crippen LogP contribution in [0.2, 0.25) is 0 Å². The van der Waals surface area contributed by atoms with Crippen LogP contribution in [-0.4, -0.2) is 52.0 Å². The van der Waals surface area contributed by atoms with Crippen molar-refractivity contribution in [3.8, 4) is 0 Å². The second kappa shape index (κ2) is 8.21. The summed E-state index contributed by atoms with van der Waals surface area (Å²) in [6, 6.07) is 7.77. The Morgan fingerprint density at radius 3 is 2.79 bits per heavy atom. The van der Waals surface area contributed by atoms with Gasteiger partial charge in [0.05, 0.1) is 18.7 Å². The molecule has 1 amide bonds. The Bertz CT molecular complexity index is 918. The number of rotatable bonds is 6. The van der Waals surface area contributed by atoms with Gasteiger partial charge >= 0.3 is 5.69 Å². The fourth-order valence-corrected chi connectivity index (χ4v) is 4.35. The zero-order valence-corrected chi connectivity index (χ0v) is 17.6. The lowest BCUT2D eigenvalue weighted by molar-refractivity contribution is 0.0702. The van der Waals surface area contributed by atoms with Crippen LogP contribution in [0.3, 0.4) is 0 Å². The highest BCUT2D eigenvalue weighted by Crippen LogP contribution is 2.37. The van der Waals surface area contributed by atoms with Crippen molar-refractivity contribution in [1.29, 1.82) is 0 Å². The van der Waals surface area contributed by atoms with Crippen molar-refractivity contribution in [2.75, 3.05) is 26.8 Å².